The third kappa shape index (κ3) is 4.17. The third-order valence-corrected chi connectivity index (χ3v) is 3.74. The molecule has 1 heterocycles. The zero-order chi connectivity index (χ0) is 15.5. The zero-order valence-corrected chi connectivity index (χ0v) is 11.8. The highest BCUT2D eigenvalue weighted by atomic mass is 19.4. The summed E-state index contributed by atoms with van der Waals surface area (Å²) in [6.07, 6.45) is -3.07. The summed E-state index contributed by atoms with van der Waals surface area (Å²) in [6, 6.07) is 3.02. The maximum Gasteiger partial charge on any atom is 0.419 e. The SMILES string of the molecule is CCNC(CC1CCOC1)c1ccc(F)c(C(F)(F)F)c1. The molecule has 0 bridgehead atoms. The van der Waals surface area contributed by atoms with Crippen molar-refractivity contribution in [2.75, 3.05) is 19.8 Å². The normalized spacial score (nSPS) is 20.7. The van der Waals surface area contributed by atoms with Gasteiger partial charge in [-0.05, 0) is 43.0 Å². The summed E-state index contributed by atoms with van der Waals surface area (Å²) in [5.74, 6) is -0.904. The van der Waals surface area contributed by atoms with Gasteiger partial charge in [0, 0.05) is 19.3 Å². The largest absolute Gasteiger partial charge is 0.419 e. The molecule has 0 radical (unpaired) electrons. The number of hydrogen-bond acceptors (Lipinski definition) is 2. The molecule has 21 heavy (non-hydrogen) atoms. The van der Waals surface area contributed by atoms with E-state index in [-0.39, 0.29) is 6.04 Å². The van der Waals surface area contributed by atoms with Crippen LogP contribution in [0.1, 0.15) is 36.9 Å². The van der Waals surface area contributed by atoms with E-state index in [9.17, 15) is 17.6 Å². The van der Waals surface area contributed by atoms with Crippen molar-refractivity contribution in [3.05, 3.63) is 35.1 Å². The van der Waals surface area contributed by atoms with Crippen LogP contribution >= 0.6 is 0 Å². The number of halogens is 4. The van der Waals surface area contributed by atoms with Gasteiger partial charge in [0.15, 0.2) is 0 Å². The second-order valence-corrected chi connectivity index (χ2v) is 5.31. The lowest BCUT2D eigenvalue weighted by Crippen LogP contribution is -2.24. The van der Waals surface area contributed by atoms with E-state index in [0.29, 0.717) is 37.7 Å². The Hall–Kier alpha value is -1.14. The van der Waals surface area contributed by atoms with Crippen LogP contribution in [0.2, 0.25) is 0 Å². The van der Waals surface area contributed by atoms with E-state index in [1.807, 2.05) is 6.92 Å². The van der Waals surface area contributed by atoms with Gasteiger partial charge in [0.25, 0.3) is 0 Å². The van der Waals surface area contributed by atoms with Crippen molar-refractivity contribution in [2.24, 2.45) is 5.92 Å². The maximum atomic E-state index is 13.4. The van der Waals surface area contributed by atoms with Gasteiger partial charge >= 0.3 is 6.18 Å². The highest BCUT2D eigenvalue weighted by Crippen LogP contribution is 2.34. The van der Waals surface area contributed by atoms with Crippen LogP contribution in [0.4, 0.5) is 17.6 Å². The molecule has 2 unspecified atom stereocenters. The van der Waals surface area contributed by atoms with Crippen molar-refractivity contribution in [3.63, 3.8) is 0 Å². The lowest BCUT2D eigenvalue weighted by molar-refractivity contribution is -0.140. The Morgan fingerprint density at radius 2 is 2.14 bits per heavy atom. The minimum Gasteiger partial charge on any atom is -0.381 e. The Morgan fingerprint density at radius 3 is 2.71 bits per heavy atom. The lowest BCUT2D eigenvalue weighted by atomic mass is 9.93. The van der Waals surface area contributed by atoms with E-state index >= 15 is 0 Å². The molecule has 1 aliphatic rings. The fourth-order valence-corrected chi connectivity index (χ4v) is 2.66. The van der Waals surface area contributed by atoms with Gasteiger partial charge in [-0.2, -0.15) is 13.2 Å². The molecule has 2 atom stereocenters. The van der Waals surface area contributed by atoms with Crippen LogP contribution in [0.25, 0.3) is 0 Å². The molecule has 0 amide bonds. The second-order valence-electron chi connectivity index (χ2n) is 5.31. The van der Waals surface area contributed by atoms with Gasteiger partial charge in [-0.15, -0.1) is 0 Å². The summed E-state index contributed by atoms with van der Waals surface area (Å²) >= 11 is 0. The molecule has 2 rings (SSSR count). The van der Waals surface area contributed by atoms with Crippen molar-refractivity contribution in [1.82, 2.24) is 5.32 Å². The quantitative estimate of drug-likeness (QED) is 0.833. The highest BCUT2D eigenvalue weighted by Gasteiger charge is 2.35. The van der Waals surface area contributed by atoms with E-state index in [2.05, 4.69) is 5.32 Å². The van der Waals surface area contributed by atoms with Crippen LogP contribution in [0, 0.1) is 11.7 Å². The average molecular weight is 305 g/mol. The molecule has 2 nitrogen and oxygen atoms in total. The summed E-state index contributed by atoms with van der Waals surface area (Å²) in [6.45, 7) is 3.86. The Kier molecular flexibility index (Phi) is 5.22. The van der Waals surface area contributed by atoms with Crippen molar-refractivity contribution in [3.8, 4) is 0 Å². The fourth-order valence-electron chi connectivity index (χ4n) is 2.66. The lowest BCUT2D eigenvalue weighted by Gasteiger charge is -2.22. The number of hydrogen-bond donors (Lipinski definition) is 1. The molecule has 1 fully saturated rings. The number of ether oxygens (including phenoxy) is 1. The number of benzene rings is 1. The summed E-state index contributed by atoms with van der Waals surface area (Å²) < 4.78 is 57.1. The Balaban J connectivity index is 2.22. The standard InChI is InChI=1S/C15H19F4NO/c1-2-20-14(7-10-5-6-21-9-10)11-3-4-13(16)12(8-11)15(17,18)19/h3-4,8,10,14,20H,2,5-7,9H2,1H3. The predicted molar refractivity (Wildman–Crippen MR) is 71.4 cm³/mol. The van der Waals surface area contributed by atoms with Gasteiger partial charge in [-0.1, -0.05) is 13.0 Å². The number of rotatable bonds is 5. The van der Waals surface area contributed by atoms with Crippen LogP contribution in [-0.4, -0.2) is 19.8 Å². The number of nitrogens with one attached hydrogen (secondary N) is 1. The van der Waals surface area contributed by atoms with Crippen LogP contribution in [-0.2, 0) is 10.9 Å². The van der Waals surface area contributed by atoms with Gasteiger partial charge in [-0.25, -0.2) is 4.39 Å². The Morgan fingerprint density at radius 1 is 1.38 bits per heavy atom. The van der Waals surface area contributed by atoms with Crippen molar-refractivity contribution in [2.45, 2.75) is 32.0 Å². The van der Waals surface area contributed by atoms with E-state index < -0.39 is 17.6 Å². The Bertz CT molecular complexity index is 469. The Labute approximate surface area is 121 Å². The molecule has 118 valence electrons. The first-order valence-electron chi connectivity index (χ1n) is 7.09. The predicted octanol–water partition coefficient (Wildman–Crippen LogP) is 3.92. The summed E-state index contributed by atoms with van der Waals surface area (Å²) in [5, 5.41) is 3.18. The average Bonchev–Trinajstić information content (AvgIpc) is 2.90. The van der Waals surface area contributed by atoms with Crippen molar-refractivity contribution < 1.29 is 22.3 Å². The molecule has 0 aliphatic carbocycles. The van der Waals surface area contributed by atoms with Gasteiger partial charge in [0.1, 0.15) is 5.82 Å². The molecule has 1 aromatic rings. The molecule has 1 N–H and O–H groups in total. The van der Waals surface area contributed by atoms with Crippen LogP contribution in [0.3, 0.4) is 0 Å². The first kappa shape index (κ1) is 16.2. The maximum absolute atomic E-state index is 13.4. The molecule has 0 spiro atoms. The van der Waals surface area contributed by atoms with Gasteiger partial charge < -0.3 is 10.1 Å². The summed E-state index contributed by atoms with van der Waals surface area (Å²) in [5.41, 5.74) is -0.733. The van der Waals surface area contributed by atoms with Gasteiger partial charge in [0.2, 0.25) is 0 Å². The molecule has 1 aliphatic heterocycles. The monoisotopic (exact) mass is 305 g/mol. The van der Waals surface area contributed by atoms with Crippen molar-refractivity contribution >= 4 is 0 Å². The first-order chi connectivity index (χ1) is 9.91. The van der Waals surface area contributed by atoms with E-state index in [4.69, 9.17) is 4.74 Å². The topological polar surface area (TPSA) is 21.3 Å². The fraction of sp³-hybridized carbons (Fsp3) is 0.600. The van der Waals surface area contributed by atoms with Crippen molar-refractivity contribution in [1.29, 1.82) is 0 Å². The molecule has 0 aromatic heterocycles. The van der Waals surface area contributed by atoms with E-state index in [1.54, 1.807) is 0 Å². The van der Waals surface area contributed by atoms with Crippen LogP contribution in [0.5, 0.6) is 0 Å². The molecular formula is C15H19F4NO. The summed E-state index contributed by atoms with van der Waals surface area (Å²) in [7, 11) is 0. The van der Waals surface area contributed by atoms with Crippen LogP contribution in [0.15, 0.2) is 18.2 Å². The van der Waals surface area contributed by atoms with E-state index in [1.165, 1.54) is 6.07 Å². The van der Waals surface area contributed by atoms with Crippen LogP contribution < -0.4 is 5.32 Å². The molecule has 6 heteroatoms. The van der Waals surface area contributed by atoms with E-state index in [0.717, 1.165) is 18.6 Å². The minimum atomic E-state index is -4.67. The smallest absolute Gasteiger partial charge is 0.381 e. The van der Waals surface area contributed by atoms with Gasteiger partial charge in [0.05, 0.1) is 5.56 Å². The first-order valence-corrected chi connectivity index (χ1v) is 7.09. The highest BCUT2D eigenvalue weighted by molar-refractivity contribution is 5.29. The molecule has 1 aromatic carbocycles. The molecule has 1 saturated heterocycles. The molecule has 0 saturated carbocycles. The number of alkyl halides is 3. The summed E-state index contributed by atoms with van der Waals surface area (Å²) in [4.78, 5) is 0. The third-order valence-electron chi connectivity index (χ3n) is 3.74. The second kappa shape index (κ2) is 6.75. The molecular weight excluding hydrogens is 286 g/mol. The zero-order valence-electron chi connectivity index (χ0n) is 11.8. The minimum absolute atomic E-state index is 0.219. The van der Waals surface area contributed by atoms with Gasteiger partial charge in [-0.3, -0.25) is 0 Å².